The first-order valence-corrected chi connectivity index (χ1v) is 5.18. The van der Waals surface area contributed by atoms with Gasteiger partial charge in [-0.05, 0) is 23.6 Å². The molecule has 1 aromatic heterocycles. The Bertz CT molecular complexity index is 540. The van der Waals surface area contributed by atoms with Gasteiger partial charge in [-0.1, -0.05) is 17.7 Å². The van der Waals surface area contributed by atoms with E-state index in [0.29, 0.717) is 10.7 Å². The van der Waals surface area contributed by atoms with Crippen molar-refractivity contribution in [3.05, 3.63) is 41.2 Å². The molecule has 16 heavy (non-hydrogen) atoms. The summed E-state index contributed by atoms with van der Waals surface area (Å²) in [5.41, 5.74) is 0.682. The Balaban J connectivity index is 2.39. The molecule has 0 radical (unpaired) electrons. The summed E-state index contributed by atoms with van der Waals surface area (Å²) in [7, 11) is 1.36. The molecule has 0 spiro atoms. The van der Waals surface area contributed by atoms with Crippen LogP contribution in [-0.2, 0) is 16.0 Å². The fourth-order valence-corrected chi connectivity index (χ4v) is 1.65. The number of benzene rings is 1. The quantitative estimate of drug-likeness (QED) is 0.751. The molecule has 0 aliphatic carbocycles. The van der Waals surface area contributed by atoms with Crippen molar-refractivity contribution >= 4 is 28.3 Å². The van der Waals surface area contributed by atoms with Gasteiger partial charge in [0, 0.05) is 16.6 Å². The van der Waals surface area contributed by atoms with Crippen LogP contribution in [0.4, 0.5) is 0 Å². The molecule has 0 N–H and O–H groups in total. The monoisotopic (exact) mass is 235 g/mol. The summed E-state index contributed by atoms with van der Waals surface area (Å²) in [4.78, 5) is 15.3. The second-order valence-electron chi connectivity index (χ2n) is 3.42. The highest BCUT2D eigenvalue weighted by molar-refractivity contribution is 6.31. The largest absolute Gasteiger partial charge is 0.469 e. The lowest BCUT2D eigenvalue weighted by molar-refractivity contribution is -0.139. The molecule has 1 aromatic carbocycles. The molecule has 82 valence electrons. The van der Waals surface area contributed by atoms with Gasteiger partial charge >= 0.3 is 5.97 Å². The van der Waals surface area contributed by atoms with Crippen LogP contribution in [0.15, 0.2) is 30.5 Å². The first-order chi connectivity index (χ1) is 7.69. The predicted octanol–water partition coefficient (Wildman–Crippen LogP) is 2.60. The highest BCUT2D eigenvalue weighted by atomic mass is 35.5. The third kappa shape index (κ3) is 2.31. The number of carbonyl (C=O) groups excluding carboxylic acids is 1. The highest BCUT2D eigenvalue weighted by Gasteiger charge is 2.05. The van der Waals surface area contributed by atoms with Crippen molar-refractivity contribution in [3.8, 4) is 0 Å². The molecule has 0 aliphatic heterocycles. The Morgan fingerprint density at radius 2 is 2.19 bits per heavy atom. The zero-order chi connectivity index (χ0) is 11.5. The third-order valence-corrected chi connectivity index (χ3v) is 2.53. The maximum atomic E-state index is 11.1. The van der Waals surface area contributed by atoms with Gasteiger partial charge in [-0.2, -0.15) is 0 Å². The number of hydrogen-bond donors (Lipinski definition) is 0. The Hall–Kier alpha value is -1.61. The normalized spacial score (nSPS) is 10.4. The SMILES string of the molecule is COC(=O)Cc1cc2cc(Cl)ccc2cn1. The molecule has 4 heteroatoms. The summed E-state index contributed by atoms with van der Waals surface area (Å²) in [5, 5.41) is 2.64. The Morgan fingerprint density at radius 3 is 2.94 bits per heavy atom. The van der Waals surface area contributed by atoms with E-state index in [-0.39, 0.29) is 12.4 Å². The number of halogens is 1. The van der Waals surface area contributed by atoms with Gasteiger partial charge in [-0.25, -0.2) is 0 Å². The van der Waals surface area contributed by atoms with Gasteiger partial charge in [0.2, 0.25) is 0 Å². The molecule has 0 saturated heterocycles. The molecule has 0 atom stereocenters. The van der Waals surface area contributed by atoms with Gasteiger partial charge in [-0.3, -0.25) is 9.78 Å². The molecule has 0 fully saturated rings. The minimum absolute atomic E-state index is 0.180. The number of ether oxygens (including phenoxy) is 1. The van der Waals surface area contributed by atoms with Crippen molar-refractivity contribution in [2.75, 3.05) is 7.11 Å². The van der Waals surface area contributed by atoms with Crippen molar-refractivity contribution in [1.29, 1.82) is 0 Å². The molecule has 0 bridgehead atoms. The van der Waals surface area contributed by atoms with Gasteiger partial charge in [0.25, 0.3) is 0 Å². The molecule has 0 aliphatic rings. The average Bonchev–Trinajstić information content (AvgIpc) is 2.28. The number of carbonyl (C=O) groups is 1. The number of pyridine rings is 1. The van der Waals surface area contributed by atoms with E-state index in [9.17, 15) is 4.79 Å². The van der Waals surface area contributed by atoms with Gasteiger partial charge in [0.15, 0.2) is 0 Å². The van der Waals surface area contributed by atoms with E-state index in [0.717, 1.165) is 10.8 Å². The van der Waals surface area contributed by atoms with Crippen LogP contribution in [0.2, 0.25) is 5.02 Å². The summed E-state index contributed by atoms with van der Waals surface area (Å²) in [6, 6.07) is 7.40. The van der Waals surface area contributed by atoms with Gasteiger partial charge in [0.1, 0.15) is 0 Å². The number of hydrogen-bond acceptors (Lipinski definition) is 3. The molecule has 2 aromatic rings. The zero-order valence-electron chi connectivity index (χ0n) is 8.74. The third-order valence-electron chi connectivity index (χ3n) is 2.29. The first-order valence-electron chi connectivity index (χ1n) is 4.80. The van der Waals surface area contributed by atoms with Gasteiger partial charge < -0.3 is 4.74 Å². The van der Waals surface area contributed by atoms with Crippen molar-refractivity contribution < 1.29 is 9.53 Å². The van der Waals surface area contributed by atoms with E-state index in [4.69, 9.17) is 11.6 Å². The number of nitrogens with zero attached hydrogens (tertiary/aromatic N) is 1. The van der Waals surface area contributed by atoms with Crippen molar-refractivity contribution in [1.82, 2.24) is 4.98 Å². The van der Waals surface area contributed by atoms with Crippen LogP contribution in [-0.4, -0.2) is 18.1 Å². The second-order valence-corrected chi connectivity index (χ2v) is 3.86. The lowest BCUT2D eigenvalue weighted by atomic mass is 10.1. The summed E-state index contributed by atoms with van der Waals surface area (Å²) in [6.07, 6.45) is 1.91. The van der Waals surface area contributed by atoms with E-state index >= 15 is 0 Å². The summed E-state index contributed by atoms with van der Waals surface area (Å²) < 4.78 is 4.58. The topological polar surface area (TPSA) is 39.2 Å². The number of rotatable bonds is 2. The van der Waals surface area contributed by atoms with E-state index in [1.807, 2.05) is 24.3 Å². The predicted molar refractivity (Wildman–Crippen MR) is 62.5 cm³/mol. The van der Waals surface area contributed by atoms with E-state index in [1.54, 1.807) is 6.20 Å². The van der Waals surface area contributed by atoms with E-state index < -0.39 is 0 Å². The summed E-state index contributed by atoms with van der Waals surface area (Å²) in [6.45, 7) is 0. The molecule has 0 saturated carbocycles. The van der Waals surface area contributed by atoms with Crippen LogP contribution >= 0.6 is 11.6 Å². The molecule has 0 unspecified atom stereocenters. The summed E-state index contributed by atoms with van der Waals surface area (Å²) >= 11 is 5.89. The number of fused-ring (bicyclic) bond motifs is 1. The van der Waals surface area contributed by atoms with Gasteiger partial charge in [0.05, 0.1) is 19.2 Å². The number of esters is 1. The van der Waals surface area contributed by atoms with Crippen LogP contribution in [0.25, 0.3) is 10.8 Å². The Labute approximate surface area is 98.0 Å². The fourth-order valence-electron chi connectivity index (χ4n) is 1.47. The van der Waals surface area contributed by atoms with Crippen LogP contribution in [0.1, 0.15) is 5.69 Å². The summed E-state index contributed by atoms with van der Waals surface area (Å²) in [5.74, 6) is -0.297. The van der Waals surface area contributed by atoms with Crippen LogP contribution in [0, 0.1) is 0 Å². The lowest BCUT2D eigenvalue weighted by Crippen LogP contribution is -2.05. The standard InChI is InChI=1S/C12H10ClNO2/c1-16-12(15)6-11-5-9-4-10(13)3-2-8(9)7-14-11/h2-5,7H,6H2,1H3. The molecular weight excluding hydrogens is 226 g/mol. The van der Waals surface area contributed by atoms with Crippen molar-refractivity contribution in [2.24, 2.45) is 0 Å². The molecule has 1 heterocycles. The van der Waals surface area contributed by atoms with Gasteiger partial charge in [-0.15, -0.1) is 0 Å². The minimum atomic E-state index is -0.297. The fraction of sp³-hybridized carbons (Fsp3) is 0.167. The molecular formula is C12H10ClNO2. The smallest absolute Gasteiger partial charge is 0.311 e. The Kier molecular flexibility index (Phi) is 3.06. The van der Waals surface area contributed by atoms with E-state index in [1.165, 1.54) is 7.11 Å². The van der Waals surface area contributed by atoms with Crippen molar-refractivity contribution in [3.63, 3.8) is 0 Å². The van der Waals surface area contributed by atoms with Crippen LogP contribution < -0.4 is 0 Å². The van der Waals surface area contributed by atoms with Crippen molar-refractivity contribution in [2.45, 2.75) is 6.42 Å². The maximum absolute atomic E-state index is 11.1. The average molecular weight is 236 g/mol. The molecule has 0 amide bonds. The first kappa shape index (κ1) is 10.9. The van der Waals surface area contributed by atoms with Crippen LogP contribution in [0.5, 0.6) is 0 Å². The van der Waals surface area contributed by atoms with E-state index in [2.05, 4.69) is 9.72 Å². The second kappa shape index (κ2) is 4.49. The minimum Gasteiger partial charge on any atom is -0.469 e. The van der Waals surface area contributed by atoms with Crippen LogP contribution in [0.3, 0.4) is 0 Å². The zero-order valence-corrected chi connectivity index (χ0v) is 9.49. The Morgan fingerprint density at radius 1 is 1.38 bits per heavy atom. The molecule has 3 nitrogen and oxygen atoms in total. The maximum Gasteiger partial charge on any atom is 0.311 e. The molecule has 2 rings (SSSR count). The highest BCUT2D eigenvalue weighted by Crippen LogP contribution is 2.19. The number of aromatic nitrogens is 1. The number of methoxy groups -OCH3 is 1. The lowest BCUT2D eigenvalue weighted by Gasteiger charge is -2.02.